The first-order valence-electron chi connectivity index (χ1n) is 5.48. The average molecular weight is 193 g/mol. The third-order valence-corrected chi connectivity index (χ3v) is 3.41. The summed E-state index contributed by atoms with van der Waals surface area (Å²) in [5.41, 5.74) is 7.63. The average Bonchev–Trinajstić information content (AvgIpc) is 2.63. The molecule has 0 saturated heterocycles. The second kappa shape index (κ2) is 3.77. The molecule has 2 nitrogen and oxygen atoms in total. The lowest BCUT2D eigenvalue weighted by Crippen LogP contribution is -2.44. The van der Waals surface area contributed by atoms with Crippen LogP contribution in [0.3, 0.4) is 0 Å². The molecule has 0 radical (unpaired) electrons. The molecule has 0 unspecified atom stereocenters. The van der Waals surface area contributed by atoms with Crippen LogP contribution >= 0.6 is 0 Å². The summed E-state index contributed by atoms with van der Waals surface area (Å²) in [7, 11) is 0. The van der Waals surface area contributed by atoms with E-state index >= 15 is 0 Å². The summed E-state index contributed by atoms with van der Waals surface area (Å²) in [6.45, 7) is 2.32. The van der Waals surface area contributed by atoms with Gasteiger partial charge in [0, 0.05) is 5.54 Å². The number of hydrogen-bond donors (Lipinski definition) is 1. The standard InChI is InChI=1S/C12H19NO/c1-10-2-5-12(13,6-3-10)8-11-4-7-14-9-11/h4,7,9-10H,2-3,5-6,8,13H2,1H3. The van der Waals surface area contributed by atoms with Gasteiger partial charge in [-0.05, 0) is 49.7 Å². The summed E-state index contributed by atoms with van der Waals surface area (Å²) in [4.78, 5) is 0. The first-order chi connectivity index (χ1) is 6.68. The van der Waals surface area contributed by atoms with Crippen molar-refractivity contribution in [1.29, 1.82) is 0 Å². The van der Waals surface area contributed by atoms with Gasteiger partial charge in [0.15, 0.2) is 0 Å². The maximum atomic E-state index is 6.37. The fourth-order valence-corrected chi connectivity index (χ4v) is 2.31. The molecule has 1 saturated carbocycles. The van der Waals surface area contributed by atoms with Gasteiger partial charge in [0.1, 0.15) is 0 Å². The van der Waals surface area contributed by atoms with E-state index in [1.165, 1.54) is 18.4 Å². The lowest BCUT2D eigenvalue weighted by Gasteiger charge is -2.35. The molecular weight excluding hydrogens is 174 g/mol. The van der Waals surface area contributed by atoms with Gasteiger partial charge in [-0.1, -0.05) is 6.92 Å². The Morgan fingerprint density at radius 2 is 2.21 bits per heavy atom. The van der Waals surface area contributed by atoms with Crippen LogP contribution in [0.5, 0.6) is 0 Å². The molecule has 14 heavy (non-hydrogen) atoms. The second-order valence-corrected chi connectivity index (χ2v) is 4.85. The van der Waals surface area contributed by atoms with Crippen LogP contribution in [-0.2, 0) is 6.42 Å². The lowest BCUT2D eigenvalue weighted by atomic mass is 9.75. The summed E-state index contributed by atoms with van der Waals surface area (Å²) < 4.78 is 5.07. The minimum atomic E-state index is 0.0242. The maximum Gasteiger partial charge on any atom is 0.0935 e. The molecule has 1 fully saturated rings. The van der Waals surface area contributed by atoms with E-state index in [2.05, 4.69) is 6.92 Å². The SMILES string of the molecule is CC1CCC(N)(Cc2ccoc2)CC1. The zero-order chi connectivity index (χ0) is 10.0. The van der Waals surface area contributed by atoms with Crippen LogP contribution in [0.4, 0.5) is 0 Å². The topological polar surface area (TPSA) is 39.2 Å². The highest BCUT2D eigenvalue weighted by molar-refractivity contribution is 5.11. The van der Waals surface area contributed by atoms with Gasteiger partial charge in [0.25, 0.3) is 0 Å². The van der Waals surface area contributed by atoms with Gasteiger partial charge in [-0.3, -0.25) is 0 Å². The lowest BCUT2D eigenvalue weighted by molar-refractivity contribution is 0.243. The van der Waals surface area contributed by atoms with Crippen molar-refractivity contribution in [3.8, 4) is 0 Å². The fourth-order valence-electron chi connectivity index (χ4n) is 2.31. The van der Waals surface area contributed by atoms with Gasteiger partial charge in [0.2, 0.25) is 0 Å². The molecule has 2 N–H and O–H groups in total. The van der Waals surface area contributed by atoms with Gasteiger partial charge in [-0.25, -0.2) is 0 Å². The van der Waals surface area contributed by atoms with Crippen molar-refractivity contribution in [2.45, 2.75) is 44.6 Å². The zero-order valence-electron chi connectivity index (χ0n) is 8.83. The third-order valence-electron chi connectivity index (χ3n) is 3.41. The maximum absolute atomic E-state index is 6.37. The van der Waals surface area contributed by atoms with E-state index in [4.69, 9.17) is 10.2 Å². The summed E-state index contributed by atoms with van der Waals surface area (Å²) in [5, 5.41) is 0. The first-order valence-corrected chi connectivity index (χ1v) is 5.48. The number of hydrogen-bond acceptors (Lipinski definition) is 2. The van der Waals surface area contributed by atoms with Crippen molar-refractivity contribution in [1.82, 2.24) is 0 Å². The summed E-state index contributed by atoms with van der Waals surface area (Å²) in [6, 6.07) is 2.02. The molecule has 1 heterocycles. The predicted octanol–water partition coefficient (Wildman–Crippen LogP) is 2.73. The highest BCUT2D eigenvalue weighted by Gasteiger charge is 2.30. The summed E-state index contributed by atoms with van der Waals surface area (Å²) in [5.74, 6) is 0.857. The van der Waals surface area contributed by atoms with E-state index in [-0.39, 0.29) is 5.54 Å². The van der Waals surface area contributed by atoms with E-state index in [0.29, 0.717) is 0 Å². The van der Waals surface area contributed by atoms with Crippen molar-refractivity contribution >= 4 is 0 Å². The van der Waals surface area contributed by atoms with Crippen molar-refractivity contribution < 1.29 is 4.42 Å². The number of nitrogens with two attached hydrogens (primary N) is 1. The Labute approximate surface area is 85.5 Å². The molecule has 2 heteroatoms. The molecule has 78 valence electrons. The monoisotopic (exact) mass is 193 g/mol. The Morgan fingerprint density at radius 3 is 2.79 bits per heavy atom. The van der Waals surface area contributed by atoms with Gasteiger partial charge in [-0.15, -0.1) is 0 Å². The molecule has 0 aromatic carbocycles. The smallest absolute Gasteiger partial charge is 0.0935 e. The second-order valence-electron chi connectivity index (χ2n) is 4.85. The van der Waals surface area contributed by atoms with Crippen LogP contribution in [-0.4, -0.2) is 5.54 Å². The van der Waals surface area contributed by atoms with Gasteiger partial charge in [0.05, 0.1) is 12.5 Å². The van der Waals surface area contributed by atoms with Crippen LogP contribution in [0.2, 0.25) is 0 Å². The fraction of sp³-hybridized carbons (Fsp3) is 0.667. The highest BCUT2D eigenvalue weighted by atomic mass is 16.3. The Balaban J connectivity index is 1.96. The largest absolute Gasteiger partial charge is 0.472 e. The van der Waals surface area contributed by atoms with Gasteiger partial charge >= 0.3 is 0 Å². The van der Waals surface area contributed by atoms with Crippen LogP contribution in [0, 0.1) is 5.92 Å². The summed E-state index contributed by atoms with van der Waals surface area (Å²) >= 11 is 0. The molecule has 1 aromatic rings. The van der Waals surface area contributed by atoms with E-state index in [1.807, 2.05) is 12.3 Å². The van der Waals surface area contributed by atoms with Crippen molar-refractivity contribution in [3.63, 3.8) is 0 Å². The van der Waals surface area contributed by atoms with E-state index in [9.17, 15) is 0 Å². The molecule has 0 atom stereocenters. The predicted molar refractivity (Wildman–Crippen MR) is 57.0 cm³/mol. The summed E-state index contributed by atoms with van der Waals surface area (Å²) in [6.07, 6.45) is 9.36. The zero-order valence-corrected chi connectivity index (χ0v) is 8.83. The van der Waals surface area contributed by atoms with E-state index in [0.717, 1.165) is 25.2 Å². The van der Waals surface area contributed by atoms with E-state index in [1.54, 1.807) is 6.26 Å². The first kappa shape index (κ1) is 9.78. The van der Waals surface area contributed by atoms with Crippen LogP contribution in [0.1, 0.15) is 38.2 Å². The molecule has 0 aliphatic heterocycles. The van der Waals surface area contributed by atoms with Crippen molar-refractivity contribution in [2.75, 3.05) is 0 Å². The number of furan rings is 1. The third kappa shape index (κ3) is 2.18. The van der Waals surface area contributed by atoms with Gasteiger partial charge in [-0.2, -0.15) is 0 Å². The molecule has 0 spiro atoms. The van der Waals surface area contributed by atoms with E-state index < -0.39 is 0 Å². The van der Waals surface area contributed by atoms with Crippen molar-refractivity contribution in [2.24, 2.45) is 11.7 Å². The number of rotatable bonds is 2. The Morgan fingerprint density at radius 1 is 1.50 bits per heavy atom. The molecule has 1 aliphatic carbocycles. The quantitative estimate of drug-likeness (QED) is 0.784. The molecule has 2 rings (SSSR count). The molecular formula is C12H19NO. The van der Waals surface area contributed by atoms with Crippen molar-refractivity contribution in [3.05, 3.63) is 24.2 Å². The van der Waals surface area contributed by atoms with Crippen LogP contribution in [0.25, 0.3) is 0 Å². The Kier molecular flexibility index (Phi) is 2.64. The van der Waals surface area contributed by atoms with Gasteiger partial charge < -0.3 is 10.2 Å². The van der Waals surface area contributed by atoms with Crippen LogP contribution < -0.4 is 5.73 Å². The molecule has 1 aromatic heterocycles. The minimum absolute atomic E-state index is 0.0242. The van der Waals surface area contributed by atoms with Crippen LogP contribution in [0.15, 0.2) is 23.0 Å². The normalized spacial score (nSPS) is 33.1. The minimum Gasteiger partial charge on any atom is -0.472 e. The molecule has 0 amide bonds. The Bertz CT molecular complexity index is 271. The molecule has 0 bridgehead atoms. The highest BCUT2D eigenvalue weighted by Crippen LogP contribution is 2.32. The molecule has 1 aliphatic rings. The Hall–Kier alpha value is -0.760.